The Morgan fingerprint density at radius 1 is 0.973 bits per heavy atom. The molecule has 1 aromatic heterocycles. The molecule has 2 N–H and O–H groups in total. The largest absolute Gasteiger partial charge is 0.507 e. The molecule has 0 aliphatic carbocycles. The Morgan fingerprint density at radius 2 is 1.65 bits per heavy atom. The van der Waals surface area contributed by atoms with Crippen LogP contribution in [0.25, 0.3) is 16.8 Å². The van der Waals surface area contributed by atoms with Crippen LogP contribution in [0.4, 0.5) is 5.95 Å². The summed E-state index contributed by atoms with van der Waals surface area (Å²) in [5.74, 6) is -0.807. The highest BCUT2D eigenvalue weighted by molar-refractivity contribution is 6.51. The van der Waals surface area contributed by atoms with Gasteiger partial charge >= 0.3 is 5.91 Å². The normalized spacial score (nSPS) is 17.2. The first kappa shape index (κ1) is 24.3. The van der Waals surface area contributed by atoms with Crippen molar-refractivity contribution in [2.24, 2.45) is 0 Å². The third kappa shape index (κ3) is 4.37. The fourth-order valence-corrected chi connectivity index (χ4v) is 4.73. The van der Waals surface area contributed by atoms with Gasteiger partial charge in [-0.3, -0.25) is 14.5 Å². The lowest BCUT2D eigenvalue weighted by atomic mass is 9.93. The number of aliphatic hydroxyl groups excluding tert-OH is 1. The van der Waals surface area contributed by atoms with Crippen LogP contribution in [0.2, 0.25) is 0 Å². The quantitative estimate of drug-likeness (QED) is 0.204. The van der Waals surface area contributed by atoms with Crippen LogP contribution < -0.4 is 9.64 Å². The number of ketones is 1. The Balaban J connectivity index is 1.71. The Hall–Kier alpha value is -4.39. The number of hydrogen-bond donors (Lipinski definition) is 2. The number of fused-ring (bicyclic) bond motifs is 1. The van der Waals surface area contributed by atoms with Crippen molar-refractivity contribution in [2.75, 3.05) is 4.90 Å². The third-order valence-corrected chi connectivity index (χ3v) is 6.51. The Morgan fingerprint density at radius 3 is 2.35 bits per heavy atom. The van der Waals surface area contributed by atoms with Gasteiger partial charge < -0.3 is 14.8 Å². The van der Waals surface area contributed by atoms with Crippen LogP contribution in [0.3, 0.4) is 0 Å². The van der Waals surface area contributed by atoms with E-state index in [0.717, 1.165) is 22.2 Å². The molecule has 7 nitrogen and oxygen atoms in total. The lowest BCUT2D eigenvalue weighted by Crippen LogP contribution is -2.30. The number of anilines is 1. The summed E-state index contributed by atoms with van der Waals surface area (Å²) >= 11 is 0. The fraction of sp³-hybridized carbons (Fsp3) is 0.233. The summed E-state index contributed by atoms with van der Waals surface area (Å²) in [6, 6.07) is 17.7. The maximum atomic E-state index is 13.5. The van der Waals surface area contributed by atoms with E-state index in [0.29, 0.717) is 22.4 Å². The number of imidazole rings is 1. The number of rotatable bonds is 5. The summed E-state index contributed by atoms with van der Waals surface area (Å²) in [6.07, 6.45) is -0.000198. The summed E-state index contributed by atoms with van der Waals surface area (Å²) in [6.45, 7) is 9.62. The topological polar surface area (TPSA) is 95.5 Å². The van der Waals surface area contributed by atoms with Crippen LogP contribution in [0.5, 0.6) is 5.75 Å². The molecule has 0 saturated carbocycles. The molecular weight excluding hydrogens is 466 g/mol. The summed E-state index contributed by atoms with van der Waals surface area (Å²) in [7, 11) is 0. The summed E-state index contributed by atoms with van der Waals surface area (Å²) in [5, 5.41) is 11.5. The van der Waals surface area contributed by atoms with Crippen LogP contribution >= 0.6 is 0 Å². The molecule has 7 heteroatoms. The summed E-state index contributed by atoms with van der Waals surface area (Å²) < 4.78 is 5.78. The minimum absolute atomic E-state index is 0.000198. The van der Waals surface area contributed by atoms with Gasteiger partial charge in [0.2, 0.25) is 5.95 Å². The van der Waals surface area contributed by atoms with Gasteiger partial charge in [0.1, 0.15) is 11.5 Å². The van der Waals surface area contributed by atoms with Gasteiger partial charge in [-0.1, -0.05) is 35.9 Å². The number of ether oxygens (including phenoxy) is 1. The molecule has 1 atom stereocenters. The number of amides is 1. The molecule has 188 valence electrons. The van der Waals surface area contributed by atoms with Crippen molar-refractivity contribution in [2.45, 2.75) is 46.8 Å². The zero-order valence-corrected chi connectivity index (χ0v) is 21.5. The number of nitrogens with one attached hydrogen (secondary N) is 1. The Kier molecular flexibility index (Phi) is 6.07. The van der Waals surface area contributed by atoms with Gasteiger partial charge in [0.25, 0.3) is 5.78 Å². The average Bonchev–Trinajstić information content (AvgIpc) is 3.38. The van der Waals surface area contributed by atoms with E-state index in [1.807, 2.05) is 83.1 Å². The highest BCUT2D eigenvalue weighted by Crippen LogP contribution is 2.42. The van der Waals surface area contributed by atoms with Crippen molar-refractivity contribution in [1.29, 1.82) is 0 Å². The van der Waals surface area contributed by atoms with Gasteiger partial charge in [-0.05, 0) is 81.6 Å². The second-order valence-electron chi connectivity index (χ2n) is 9.80. The van der Waals surface area contributed by atoms with Gasteiger partial charge in [0.15, 0.2) is 0 Å². The number of aryl methyl sites for hydroxylation is 3. The first-order chi connectivity index (χ1) is 17.6. The molecule has 1 aliphatic heterocycles. The van der Waals surface area contributed by atoms with Crippen molar-refractivity contribution in [1.82, 2.24) is 9.97 Å². The zero-order chi connectivity index (χ0) is 26.4. The first-order valence-electron chi connectivity index (χ1n) is 12.3. The zero-order valence-electron chi connectivity index (χ0n) is 21.5. The van der Waals surface area contributed by atoms with E-state index in [-0.39, 0.29) is 23.4 Å². The number of H-pyrrole nitrogens is 1. The standard InChI is InChI=1S/C30H29N3O4/c1-16(2)37-21-11-9-20(10-12-21)26-25(27(34)22-14-17(3)6-8-19(22)5)28(35)29(36)33(26)30-31-23-13-7-18(4)15-24(23)32-30/h6-16,26,34H,1-5H3,(H,31,32)/b27-25+. The van der Waals surface area contributed by atoms with E-state index >= 15 is 0 Å². The predicted octanol–water partition coefficient (Wildman–Crippen LogP) is 5.90. The first-order valence-corrected chi connectivity index (χ1v) is 12.3. The number of benzene rings is 3. The van der Waals surface area contributed by atoms with E-state index in [1.54, 1.807) is 12.1 Å². The Labute approximate surface area is 215 Å². The number of Topliss-reactive ketones (excluding diaryl/α,β-unsaturated/α-hetero) is 1. The van der Waals surface area contributed by atoms with Crippen molar-refractivity contribution >= 4 is 34.4 Å². The molecule has 0 bridgehead atoms. The van der Waals surface area contributed by atoms with Crippen LogP contribution in [0.15, 0.2) is 66.2 Å². The second kappa shape index (κ2) is 9.24. The molecule has 4 aromatic rings. The molecule has 0 radical (unpaired) electrons. The number of carbonyl (C=O) groups excluding carboxylic acids is 2. The maximum Gasteiger partial charge on any atom is 0.302 e. The van der Waals surface area contributed by atoms with Crippen LogP contribution in [-0.4, -0.2) is 32.9 Å². The average molecular weight is 496 g/mol. The smallest absolute Gasteiger partial charge is 0.302 e. The minimum atomic E-state index is -0.880. The fourth-order valence-electron chi connectivity index (χ4n) is 4.73. The van der Waals surface area contributed by atoms with E-state index in [2.05, 4.69) is 9.97 Å². The third-order valence-electron chi connectivity index (χ3n) is 6.51. The van der Waals surface area contributed by atoms with Gasteiger partial charge in [-0.15, -0.1) is 0 Å². The molecule has 1 saturated heterocycles. The number of hydrogen-bond acceptors (Lipinski definition) is 5. The van der Waals surface area contributed by atoms with E-state index < -0.39 is 17.7 Å². The van der Waals surface area contributed by atoms with Gasteiger partial charge in [-0.2, -0.15) is 0 Å². The molecule has 1 amide bonds. The number of aliphatic hydroxyl groups is 1. The maximum absolute atomic E-state index is 13.5. The van der Waals surface area contributed by atoms with E-state index in [1.165, 1.54) is 4.90 Å². The lowest BCUT2D eigenvalue weighted by molar-refractivity contribution is -0.132. The predicted molar refractivity (Wildman–Crippen MR) is 144 cm³/mol. The van der Waals surface area contributed by atoms with E-state index in [9.17, 15) is 14.7 Å². The molecule has 5 rings (SSSR count). The number of aromatic amines is 1. The SMILES string of the molecule is Cc1ccc(C)c(/C(O)=C2\C(=O)C(=O)N(c3nc4ccc(C)cc4[nH]3)C2c2ccc(OC(C)C)cc2)c1. The van der Waals surface area contributed by atoms with Crippen LogP contribution in [0.1, 0.15) is 47.7 Å². The highest BCUT2D eigenvalue weighted by Gasteiger charge is 2.48. The number of carbonyl (C=O) groups is 2. The molecule has 2 heterocycles. The molecule has 1 unspecified atom stereocenters. The van der Waals surface area contributed by atoms with Crippen molar-refractivity contribution in [3.8, 4) is 5.75 Å². The van der Waals surface area contributed by atoms with Gasteiger partial charge in [0.05, 0.1) is 28.8 Å². The van der Waals surface area contributed by atoms with Crippen molar-refractivity contribution in [3.63, 3.8) is 0 Å². The van der Waals surface area contributed by atoms with Crippen molar-refractivity contribution in [3.05, 3.63) is 94.1 Å². The second-order valence-corrected chi connectivity index (χ2v) is 9.80. The van der Waals surface area contributed by atoms with Crippen LogP contribution in [-0.2, 0) is 9.59 Å². The number of aromatic nitrogens is 2. The van der Waals surface area contributed by atoms with Crippen LogP contribution in [0, 0.1) is 20.8 Å². The summed E-state index contributed by atoms with van der Waals surface area (Å²) in [4.78, 5) is 36.1. The van der Waals surface area contributed by atoms with E-state index in [4.69, 9.17) is 4.74 Å². The monoisotopic (exact) mass is 495 g/mol. The molecule has 1 fully saturated rings. The number of nitrogens with zero attached hydrogens (tertiary/aromatic N) is 2. The molecule has 0 spiro atoms. The Bertz CT molecular complexity index is 1560. The molecule has 37 heavy (non-hydrogen) atoms. The van der Waals surface area contributed by atoms with Gasteiger partial charge in [0, 0.05) is 5.56 Å². The van der Waals surface area contributed by atoms with Gasteiger partial charge in [-0.25, -0.2) is 4.98 Å². The molecular formula is C30H29N3O4. The minimum Gasteiger partial charge on any atom is -0.507 e. The molecule has 3 aromatic carbocycles. The highest BCUT2D eigenvalue weighted by atomic mass is 16.5. The van der Waals surface area contributed by atoms with Crippen molar-refractivity contribution < 1.29 is 19.4 Å². The lowest BCUT2D eigenvalue weighted by Gasteiger charge is -2.23. The summed E-state index contributed by atoms with van der Waals surface area (Å²) in [5.41, 5.74) is 5.39. The molecule has 1 aliphatic rings.